The van der Waals surface area contributed by atoms with Gasteiger partial charge in [-0.15, -0.1) is 0 Å². The Labute approximate surface area is 159 Å². The molecule has 2 amide bonds. The Morgan fingerprint density at radius 3 is 2.30 bits per heavy atom. The molecular weight excluding hydrogens is 342 g/mol. The van der Waals surface area contributed by atoms with E-state index in [2.05, 4.69) is 0 Å². The maximum Gasteiger partial charge on any atom is 0.253 e. The van der Waals surface area contributed by atoms with Crippen LogP contribution in [0.4, 0.5) is 0 Å². The largest absolute Gasteiger partial charge is 0.389 e. The van der Waals surface area contributed by atoms with E-state index >= 15 is 0 Å². The lowest BCUT2D eigenvalue weighted by atomic mass is 10.00. The number of nitrogens with two attached hydrogens (primary N) is 1. The minimum atomic E-state index is -0.515. The first-order valence-corrected chi connectivity index (χ1v) is 9.12. The van der Waals surface area contributed by atoms with Crippen molar-refractivity contribution in [3.8, 4) is 11.1 Å². The van der Waals surface area contributed by atoms with Crippen LogP contribution in [0.2, 0.25) is 0 Å². The third-order valence-corrected chi connectivity index (χ3v) is 4.87. The number of carbonyl (C=O) groups excluding carboxylic acids is 2. The van der Waals surface area contributed by atoms with Crippen molar-refractivity contribution in [3.63, 3.8) is 0 Å². The van der Waals surface area contributed by atoms with E-state index in [9.17, 15) is 14.7 Å². The van der Waals surface area contributed by atoms with Crippen molar-refractivity contribution in [1.82, 2.24) is 9.80 Å². The Hall–Kier alpha value is -2.70. The Kier molecular flexibility index (Phi) is 5.88. The first-order chi connectivity index (χ1) is 12.9. The number of piperazine rings is 1. The molecule has 1 aliphatic heterocycles. The van der Waals surface area contributed by atoms with Crippen molar-refractivity contribution < 1.29 is 14.7 Å². The summed E-state index contributed by atoms with van der Waals surface area (Å²) in [5.74, 6) is -0.344. The molecule has 3 N–H and O–H groups in total. The molecule has 2 aromatic rings. The first-order valence-electron chi connectivity index (χ1n) is 9.12. The standard InChI is InChI=1S/C21H25N3O3/c1-15(25)18-3-2-4-19(13-18)16-5-7-17(8-6-16)21(27)24-11-9-23(10-12-24)14-20(22)26/h2-8,13,15,25H,9-12,14H2,1H3,(H2,22,26)/t15-/m0/s1. The molecule has 0 bridgehead atoms. The zero-order valence-corrected chi connectivity index (χ0v) is 15.5. The number of hydrogen-bond acceptors (Lipinski definition) is 4. The van der Waals surface area contributed by atoms with Crippen LogP contribution in [-0.2, 0) is 4.79 Å². The van der Waals surface area contributed by atoms with Crippen LogP contribution in [0.25, 0.3) is 11.1 Å². The van der Waals surface area contributed by atoms with Crippen LogP contribution in [0.15, 0.2) is 48.5 Å². The molecule has 1 heterocycles. The normalized spacial score (nSPS) is 16.1. The SMILES string of the molecule is C[C@H](O)c1cccc(-c2ccc(C(=O)N3CCN(CC(N)=O)CC3)cc2)c1. The number of carbonyl (C=O) groups is 2. The summed E-state index contributed by atoms with van der Waals surface area (Å²) in [6.45, 7) is 4.46. The number of aliphatic hydroxyl groups excluding tert-OH is 1. The molecule has 0 unspecified atom stereocenters. The van der Waals surface area contributed by atoms with Crippen LogP contribution in [0, 0.1) is 0 Å². The first kappa shape index (κ1) is 19.1. The molecule has 0 radical (unpaired) electrons. The highest BCUT2D eigenvalue weighted by Crippen LogP contribution is 2.24. The van der Waals surface area contributed by atoms with Crippen LogP contribution < -0.4 is 5.73 Å². The zero-order valence-electron chi connectivity index (χ0n) is 15.5. The van der Waals surface area contributed by atoms with E-state index in [1.54, 1.807) is 11.8 Å². The van der Waals surface area contributed by atoms with Crippen LogP contribution in [0.1, 0.15) is 28.9 Å². The summed E-state index contributed by atoms with van der Waals surface area (Å²) in [5, 5.41) is 9.74. The van der Waals surface area contributed by atoms with Gasteiger partial charge in [-0.25, -0.2) is 0 Å². The Balaban J connectivity index is 1.66. The van der Waals surface area contributed by atoms with E-state index < -0.39 is 6.10 Å². The average Bonchev–Trinajstić information content (AvgIpc) is 2.68. The van der Waals surface area contributed by atoms with Crippen molar-refractivity contribution in [2.75, 3.05) is 32.7 Å². The smallest absolute Gasteiger partial charge is 0.253 e. The molecule has 6 nitrogen and oxygen atoms in total. The molecular formula is C21H25N3O3. The second-order valence-electron chi connectivity index (χ2n) is 6.91. The topological polar surface area (TPSA) is 86.9 Å². The number of benzene rings is 2. The molecule has 1 fully saturated rings. The van der Waals surface area contributed by atoms with Crippen molar-refractivity contribution in [2.24, 2.45) is 5.73 Å². The number of nitrogens with zero attached hydrogens (tertiary/aromatic N) is 2. The van der Waals surface area contributed by atoms with E-state index in [1.165, 1.54) is 0 Å². The number of amides is 2. The Morgan fingerprint density at radius 1 is 1.04 bits per heavy atom. The van der Waals surface area contributed by atoms with Gasteiger partial charge in [0.25, 0.3) is 5.91 Å². The average molecular weight is 367 g/mol. The van der Waals surface area contributed by atoms with Gasteiger partial charge in [0.2, 0.25) is 5.91 Å². The van der Waals surface area contributed by atoms with Crippen LogP contribution in [-0.4, -0.2) is 59.4 Å². The van der Waals surface area contributed by atoms with Gasteiger partial charge in [-0.05, 0) is 41.8 Å². The van der Waals surface area contributed by atoms with Crippen molar-refractivity contribution >= 4 is 11.8 Å². The van der Waals surface area contributed by atoms with Gasteiger partial charge >= 0.3 is 0 Å². The second kappa shape index (κ2) is 8.33. The number of rotatable bonds is 5. The van der Waals surface area contributed by atoms with E-state index in [4.69, 9.17) is 5.73 Å². The fraction of sp³-hybridized carbons (Fsp3) is 0.333. The Morgan fingerprint density at radius 2 is 1.70 bits per heavy atom. The molecule has 0 spiro atoms. The molecule has 142 valence electrons. The molecule has 1 aliphatic rings. The number of aliphatic hydroxyl groups is 1. The predicted octanol–water partition coefficient (Wildman–Crippen LogP) is 1.65. The Bertz CT molecular complexity index is 810. The lowest BCUT2D eigenvalue weighted by Crippen LogP contribution is -2.50. The summed E-state index contributed by atoms with van der Waals surface area (Å²) in [7, 11) is 0. The molecule has 1 saturated heterocycles. The number of primary amides is 1. The fourth-order valence-corrected chi connectivity index (χ4v) is 3.30. The quantitative estimate of drug-likeness (QED) is 0.841. The van der Waals surface area contributed by atoms with Gasteiger partial charge in [-0.3, -0.25) is 14.5 Å². The summed E-state index contributed by atoms with van der Waals surface area (Å²) < 4.78 is 0. The lowest BCUT2D eigenvalue weighted by molar-refractivity contribution is -0.119. The predicted molar refractivity (Wildman–Crippen MR) is 104 cm³/mol. The van der Waals surface area contributed by atoms with Gasteiger partial charge < -0.3 is 15.7 Å². The van der Waals surface area contributed by atoms with Crippen LogP contribution in [0.3, 0.4) is 0 Å². The molecule has 0 saturated carbocycles. The zero-order chi connectivity index (χ0) is 19.4. The summed E-state index contributed by atoms with van der Waals surface area (Å²) in [6.07, 6.45) is -0.515. The molecule has 0 aromatic heterocycles. The highest BCUT2D eigenvalue weighted by molar-refractivity contribution is 5.94. The highest BCUT2D eigenvalue weighted by Gasteiger charge is 2.22. The van der Waals surface area contributed by atoms with E-state index in [0.29, 0.717) is 31.7 Å². The van der Waals surface area contributed by atoms with Gasteiger partial charge in [-0.1, -0.05) is 30.3 Å². The van der Waals surface area contributed by atoms with E-state index in [1.807, 2.05) is 53.4 Å². The minimum absolute atomic E-state index is 0.00185. The van der Waals surface area contributed by atoms with Gasteiger partial charge in [0.15, 0.2) is 0 Å². The van der Waals surface area contributed by atoms with Crippen molar-refractivity contribution in [3.05, 3.63) is 59.7 Å². The second-order valence-corrected chi connectivity index (χ2v) is 6.91. The van der Waals surface area contributed by atoms with Crippen molar-refractivity contribution in [2.45, 2.75) is 13.0 Å². The molecule has 27 heavy (non-hydrogen) atoms. The molecule has 0 aliphatic carbocycles. The summed E-state index contributed by atoms with van der Waals surface area (Å²) >= 11 is 0. The van der Waals surface area contributed by atoms with Crippen LogP contribution in [0.5, 0.6) is 0 Å². The molecule has 2 aromatic carbocycles. The van der Waals surface area contributed by atoms with Gasteiger partial charge in [0, 0.05) is 31.7 Å². The van der Waals surface area contributed by atoms with Gasteiger partial charge in [0.05, 0.1) is 12.6 Å². The fourth-order valence-electron chi connectivity index (χ4n) is 3.30. The maximum atomic E-state index is 12.7. The van der Waals surface area contributed by atoms with E-state index in [-0.39, 0.29) is 18.4 Å². The van der Waals surface area contributed by atoms with Gasteiger partial charge in [-0.2, -0.15) is 0 Å². The summed E-state index contributed by atoms with van der Waals surface area (Å²) in [5.41, 5.74) is 8.74. The molecule has 6 heteroatoms. The third-order valence-electron chi connectivity index (χ3n) is 4.87. The monoisotopic (exact) mass is 367 g/mol. The summed E-state index contributed by atoms with van der Waals surface area (Å²) in [4.78, 5) is 27.5. The minimum Gasteiger partial charge on any atom is -0.389 e. The summed E-state index contributed by atoms with van der Waals surface area (Å²) in [6, 6.07) is 15.3. The third kappa shape index (κ3) is 4.72. The molecule has 1 atom stereocenters. The highest BCUT2D eigenvalue weighted by atomic mass is 16.3. The van der Waals surface area contributed by atoms with Crippen molar-refractivity contribution in [1.29, 1.82) is 0 Å². The van der Waals surface area contributed by atoms with E-state index in [0.717, 1.165) is 16.7 Å². The number of hydrogen-bond donors (Lipinski definition) is 2. The molecule has 3 rings (SSSR count). The maximum absolute atomic E-state index is 12.7. The van der Waals surface area contributed by atoms with Crippen LogP contribution >= 0.6 is 0 Å². The van der Waals surface area contributed by atoms with Gasteiger partial charge in [0.1, 0.15) is 0 Å². The lowest BCUT2D eigenvalue weighted by Gasteiger charge is -2.34.